The molecule has 0 spiro atoms. The lowest BCUT2D eigenvalue weighted by Gasteiger charge is -2.04. The Morgan fingerprint density at radius 1 is 1.07 bits per heavy atom. The third-order valence-corrected chi connectivity index (χ3v) is 1.71. The van der Waals surface area contributed by atoms with Crippen LogP contribution in [0.15, 0.2) is 0 Å². The van der Waals surface area contributed by atoms with Gasteiger partial charge in [-0.05, 0) is 32.7 Å². The minimum absolute atomic E-state index is 0.280. The summed E-state index contributed by atoms with van der Waals surface area (Å²) in [7, 11) is 0. The molecule has 0 heterocycles. The largest absolute Gasteiger partial charge is 0.466 e. The molecule has 0 aliphatic carbocycles. The van der Waals surface area contributed by atoms with Crippen molar-refractivity contribution in [1.29, 1.82) is 0 Å². The lowest BCUT2D eigenvalue weighted by atomic mass is 10.2. The second-order valence-corrected chi connectivity index (χ2v) is 3.05. The first-order chi connectivity index (χ1) is 7.20. The van der Waals surface area contributed by atoms with Crippen molar-refractivity contribution in [2.45, 2.75) is 32.6 Å². The van der Waals surface area contributed by atoms with Gasteiger partial charge in [-0.2, -0.15) is 0 Å². The lowest BCUT2D eigenvalue weighted by molar-refractivity contribution is -0.154. The monoisotopic (exact) mass is 217 g/mol. The van der Waals surface area contributed by atoms with E-state index in [1.807, 2.05) is 0 Å². The fourth-order valence-electron chi connectivity index (χ4n) is 0.990. The second kappa shape index (κ2) is 9.45. The van der Waals surface area contributed by atoms with Crippen LogP contribution in [-0.2, 0) is 19.1 Å². The number of ether oxygens (including phenoxy) is 2. The van der Waals surface area contributed by atoms with Gasteiger partial charge in [0.05, 0.1) is 13.2 Å². The van der Waals surface area contributed by atoms with Gasteiger partial charge in [-0.3, -0.25) is 9.59 Å². The molecule has 0 rings (SSSR count). The predicted octanol–water partition coefficient (Wildman–Crippen LogP) is 0.612. The molecule has 0 aromatic carbocycles. The molecule has 0 bridgehead atoms. The zero-order valence-corrected chi connectivity index (χ0v) is 9.16. The van der Waals surface area contributed by atoms with Gasteiger partial charge in [0.25, 0.3) is 0 Å². The van der Waals surface area contributed by atoms with Gasteiger partial charge < -0.3 is 15.2 Å². The Labute approximate surface area is 89.9 Å². The van der Waals surface area contributed by atoms with E-state index < -0.39 is 11.9 Å². The van der Waals surface area contributed by atoms with Crippen molar-refractivity contribution >= 4 is 11.9 Å². The molecule has 0 saturated carbocycles. The number of unbranched alkanes of at least 4 members (excludes halogenated alkanes) is 2. The SMILES string of the molecule is CCOC(=O)CC(=O)OCCCCCN. The molecule has 5 nitrogen and oxygen atoms in total. The van der Waals surface area contributed by atoms with Crippen LogP contribution in [-0.4, -0.2) is 31.7 Å². The first-order valence-corrected chi connectivity index (χ1v) is 5.22. The Balaban J connectivity index is 3.37. The van der Waals surface area contributed by atoms with Crippen LogP contribution in [0.1, 0.15) is 32.6 Å². The fourth-order valence-corrected chi connectivity index (χ4v) is 0.990. The van der Waals surface area contributed by atoms with Crippen LogP contribution in [0.5, 0.6) is 0 Å². The highest BCUT2D eigenvalue weighted by Crippen LogP contribution is 1.96. The highest BCUT2D eigenvalue weighted by molar-refractivity contribution is 5.91. The smallest absolute Gasteiger partial charge is 0.317 e. The molecule has 0 aliphatic heterocycles. The highest BCUT2D eigenvalue weighted by Gasteiger charge is 2.10. The van der Waals surface area contributed by atoms with E-state index >= 15 is 0 Å². The van der Waals surface area contributed by atoms with Crippen LogP contribution in [0.4, 0.5) is 0 Å². The first kappa shape index (κ1) is 13.9. The lowest BCUT2D eigenvalue weighted by Crippen LogP contribution is -2.14. The second-order valence-electron chi connectivity index (χ2n) is 3.05. The summed E-state index contributed by atoms with van der Waals surface area (Å²) in [4.78, 5) is 21.9. The molecule has 2 N–H and O–H groups in total. The summed E-state index contributed by atoms with van der Waals surface area (Å²) >= 11 is 0. The highest BCUT2D eigenvalue weighted by atomic mass is 16.6. The molecule has 0 aliphatic rings. The maximum absolute atomic E-state index is 11.0. The van der Waals surface area contributed by atoms with E-state index in [0.29, 0.717) is 13.2 Å². The number of carbonyl (C=O) groups is 2. The molecular weight excluding hydrogens is 198 g/mol. The average Bonchev–Trinajstić information content (AvgIpc) is 2.17. The minimum Gasteiger partial charge on any atom is -0.466 e. The maximum atomic E-state index is 11.0. The molecule has 0 aromatic heterocycles. The Morgan fingerprint density at radius 3 is 2.33 bits per heavy atom. The van der Waals surface area contributed by atoms with Gasteiger partial charge in [-0.25, -0.2) is 0 Å². The predicted molar refractivity (Wildman–Crippen MR) is 55.1 cm³/mol. The summed E-state index contributed by atoms with van der Waals surface area (Å²) < 4.78 is 9.43. The van der Waals surface area contributed by atoms with Gasteiger partial charge in [0.1, 0.15) is 6.42 Å². The van der Waals surface area contributed by atoms with E-state index in [9.17, 15) is 9.59 Å². The van der Waals surface area contributed by atoms with Crippen LogP contribution in [0.3, 0.4) is 0 Å². The molecule has 15 heavy (non-hydrogen) atoms. The number of nitrogens with two attached hydrogens (primary N) is 1. The van der Waals surface area contributed by atoms with Gasteiger partial charge in [-0.15, -0.1) is 0 Å². The van der Waals surface area contributed by atoms with Crippen molar-refractivity contribution in [3.05, 3.63) is 0 Å². The van der Waals surface area contributed by atoms with Crippen LogP contribution >= 0.6 is 0 Å². The van der Waals surface area contributed by atoms with E-state index in [4.69, 9.17) is 10.5 Å². The summed E-state index contributed by atoms with van der Waals surface area (Å²) in [5, 5.41) is 0. The number of esters is 2. The normalized spacial score (nSPS) is 9.73. The fraction of sp³-hybridized carbons (Fsp3) is 0.800. The molecule has 0 atom stereocenters. The van der Waals surface area contributed by atoms with Crippen molar-refractivity contribution < 1.29 is 19.1 Å². The van der Waals surface area contributed by atoms with Gasteiger partial charge in [0.2, 0.25) is 0 Å². The number of hydrogen-bond acceptors (Lipinski definition) is 5. The Bertz CT molecular complexity index is 194. The van der Waals surface area contributed by atoms with E-state index in [2.05, 4.69) is 4.74 Å². The van der Waals surface area contributed by atoms with Crippen molar-refractivity contribution in [2.75, 3.05) is 19.8 Å². The summed E-state index contributed by atoms with van der Waals surface area (Å²) in [5.74, 6) is -1.06. The molecule has 0 fully saturated rings. The van der Waals surface area contributed by atoms with Crippen LogP contribution in [0, 0.1) is 0 Å². The number of rotatable bonds is 8. The quantitative estimate of drug-likeness (QED) is 0.366. The molecule has 0 aromatic rings. The third kappa shape index (κ3) is 9.21. The van der Waals surface area contributed by atoms with Crippen molar-refractivity contribution in [3.8, 4) is 0 Å². The Kier molecular flexibility index (Phi) is 8.76. The van der Waals surface area contributed by atoms with Gasteiger partial charge in [0.15, 0.2) is 0 Å². The van der Waals surface area contributed by atoms with E-state index in [-0.39, 0.29) is 13.0 Å². The van der Waals surface area contributed by atoms with Crippen LogP contribution in [0.2, 0.25) is 0 Å². The molecular formula is C10H19NO4. The zero-order chi connectivity index (χ0) is 11.5. The molecule has 88 valence electrons. The van der Waals surface area contributed by atoms with Gasteiger partial charge in [-0.1, -0.05) is 0 Å². The Hall–Kier alpha value is -1.10. The summed E-state index contributed by atoms with van der Waals surface area (Å²) in [6, 6.07) is 0. The molecule has 5 heteroatoms. The average molecular weight is 217 g/mol. The zero-order valence-electron chi connectivity index (χ0n) is 9.16. The van der Waals surface area contributed by atoms with E-state index in [1.165, 1.54) is 0 Å². The van der Waals surface area contributed by atoms with E-state index in [0.717, 1.165) is 19.3 Å². The molecule has 0 radical (unpaired) electrons. The van der Waals surface area contributed by atoms with Gasteiger partial charge >= 0.3 is 11.9 Å². The van der Waals surface area contributed by atoms with Crippen LogP contribution < -0.4 is 5.73 Å². The number of carbonyl (C=O) groups excluding carboxylic acids is 2. The van der Waals surface area contributed by atoms with Gasteiger partial charge in [0, 0.05) is 0 Å². The summed E-state index contributed by atoms with van der Waals surface area (Å²) in [5.41, 5.74) is 5.30. The Morgan fingerprint density at radius 2 is 1.73 bits per heavy atom. The third-order valence-electron chi connectivity index (χ3n) is 1.71. The van der Waals surface area contributed by atoms with Crippen LogP contribution in [0.25, 0.3) is 0 Å². The summed E-state index contributed by atoms with van der Waals surface area (Å²) in [6.45, 7) is 2.97. The summed E-state index contributed by atoms with van der Waals surface area (Å²) in [6.07, 6.45) is 2.34. The number of hydrogen-bond donors (Lipinski definition) is 1. The van der Waals surface area contributed by atoms with Crippen molar-refractivity contribution in [2.24, 2.45) is 5.73 Å². The van der Waals surface area contributed by atoms with Crippen molar-refractivity contribution in [1.82, 2.24) is 0 Å². The van der Waals surface area contributed by atoms with E-state index in [1.54, 1.807) is 6.92 Å². The molecule has 0 saturated heterocycles. The maximum Gasteiger partial charge on any atom is 0.317 e. The minimum atomic E-state index is -0.538. The topological polar surface area (TPSA) is 78.6 Å². The first-order valence-electron chi connectivity index (χ1n) is 5.22. The standard InChI is InChI=1S/C10H19NO4/c1-2-14-9(12)8-10(13)15-7-5-3-4-6-11/h2-8,11H2,1H3. The van der Waals surface area contributed by atoms with Crippen molar-refractivity contribution in [3.63, 3.8) is 0 Å². The molecule has 0 amide bonds. The molecule has 0 unspecified atom stereocenters.